The highest BCUT2D eigenvalue weighted by Crippen LogP contribution is 2.07. The lowest BCUT2D eigenvalue weighted by atomic mass is 10.0. The van der Waals surface area contributed by atoms with Crippen molar-refractivity contribution in [3.05, 3.63) is 0 Å². The van der Waals surface area contributed by atoms with Gasteiger partial charge in [0.05, 0.1) is 6.54 Å². The molecule has 13 nitrogen and oxygen atoms in total. The fraction of sp³-hybridized carbons (Fsp3) is 0.727. The van der Waals surface area contributed by atoms with Crippen molar-refractivity contribution in [2.24, 2.45) is 23.3 Å². The first-order valence-electron chi connectivity index (χ1n) is 11.6. The van der Waals surface area contributed by atoms with E-state index in [1.54, 1.807) is 20.9 Å². The second-order valence-corrected chi connectivity index (χ2v) is 9.30. The van der Waals surface area contributed by atoms with Crippen LogP contribution in [-0.4, -0.2) is 78.7 Å². The molecule has 0 aliphatic rings. The number of amides is 5. The normalized spacial score (nSPS) is 13.4. The molecule has 0 aromatic rings. The summed E-state index contributed by atoms with van der Waals surface area (Å²) >= 11 is 0. The number of nitrogens with two attached hydrogens (primary N) is 2. The highest BCUT2D eigenvalue weighted by Gasteiger charge is 2.27. The molecule has 0 aliphatic carbocycles. The number of hydrogen-bond acceptors (Lipinski definition) is 6. The van der Waals surface area contributed by atoms with Crippen LogP contribution in [0.25, 0.3) is 0 Å². The molecule has 9 N–H and O–H groups in total. The Balaban J connectivity index is 5.07. The molecule has 0 saturated carbocycles. The van der Waals surface area contributed by atoms with Gasteiger partial charge in [-0.1, -0.05) is 27.7 Å². The first-order chi connectivity index (χ1) is 16.1. The Morgan fingerprint density at radius 1 is 0.914 bits per heavy atom. The van der Waals surface area contributed by atoms with Crippen molar-refractivity contribution in [3.8, 4) is 0 Å². The molecule has 0 spiro atoms. The number of guanidine groups is 1. The average molecular weight is 499 g/mol. The summed E-state index contributed by atoms with van der Waals surface area (Å²) in [6, 6.07) is -2.70. The first-order valence-corrected chi connectivity index (χ1v) is 11.6. The Morgan fingerprint density at radius 3 is 1.97 bits per heavy atom. The molecule has 5 amide bonds. The van der Waals surface area contributed by atoms with E-state index in [9.17, 15) is 24.0 Å². The SMILES string of the molecule is CC(=O)N[C@H](C(=O)NCC(=O)N[C@@H](CC(C)C)C(=O)N[C@@H](CCCN(C)C(=N)N)C(N)=O)C(C)C. The lowest BCUT2D eigenvalue weighted by molar-refractivity contribution is -0.133. The van der Waals surface area contributed by atoms with Gasteiger partial charge < -0.3 is 37.6 Å². The van der Waals surface area contributed by atoms with Crippen molar-refractivity contribution in [1.29, 1.82) is 5.41 Å². The maximum Gasteiger partial charge on any atom is 0.243 e. The molecule has 0 fully saturated rings. The summed E-state index contributed by atoms with van der Waals surface area (Å²) in [6.07, 6.45) is 0.976. The fourth-order valence-electron chi connectivity index (χ4n) is 3.19. The van der Waals surface area contributed by atoms with E-state index >= 15 is 0 Å². The van der Waals surface area contributed by atoms with Crippen molar-refractivity contribution in [2.45, 2.75) is 72.0 Å². The van der Waals surface area contributed by atoms with E-state index in [-0.39, 0.29) is 36.7 Å². The molecule has 0 radical (unpaired) electrons. The minimum atomic E-state index is -0.960. The van der Waals surface area contributed by atoms with Crippen LogP contribution in [0.5, 0.6) is 0 Å². The molecule has 0 unspecified atom stereocenters. The third kappa shape index (κ3) is 13.2. The molecular weight excluding hydrogens is 456 g/mol. The second-order valence-electron chi connectivity index (χ2n) is 9.30. The largest absolute Gasteiger partial charge is 0.370 e. The maximum absolute atomic E-state index is 12.9. The van der Waals surface area contributed by atoms with E-state index in [1.807, 2.05) is 13.8 Å². The van der Waals surface area contributed by atoms with Gasteiger partial charge in [0, 0.05) is 20.5 Å². The number of nitrogens with one attached hydrogen (secondary N) is 5. The number of rotatable bonds is 15. The highest BCUT2D eigenvalue weighted by atomic mass is 16.2. The summed E-state index contributed by atoms with van der Waals surface area (Å²) in [5, 5.41) is 17.5. The van der Waals surface area contributed by atoms with Gasteiger partial charge in [0.2, 0.25) is 29.5 Å². The van der Waals surface area contributed by atoms with Gasteiger partial charge in [-0.25, -0.2) is 0 Å². The van der Waals surface area contributed by atoms with Crippen molar-refractivity contribution < 1.29 is 24.0 Å². The minimum Gasteiger partial charge on any atom is -0.370 e. The van der Waals surface area contributed by atoms with E-state index in [2.05, 4.69) is 21.3 Å². The lowest BCUT2D eigenvalue weighted by Crippen LogP contribution is -2.55. The zero-order valence-corrected chi connectivity index (χ0v) is 21.6. The molecule has 13 heteroatoms. The quantitative estimate of drug-likeness (QED) is 0.103. The zero-order chi connectivity index (χ0) is 27.3. The summed E-state index contributed by atoms with van der Waals surface area (Å²) < 4.78 is 0. The number of hydrogen-bond donors (Lipinski definition) is 7. The summed E-state index contributed by atoms with van der Waals surface area (Å²) in [5.74, 6) is -3.03. The molecule has 0 rings (SSSR count). The predicted molar refractivity (Wildman–Crippen MR) is 132 cm³/mol. The number of carbonyl (C=O) groups excluding carboxylic acids is 5. The standard InChI is InChI=1S/C22H42N8O5/c1-12(2)10-16(20(34)29-15(19(23)33)8-7-9-30(6)22(24)25)28-17(32)11-26-21(35)18(13(3)4)27-14(5)31/h12-13,15-16,18H,7-11H2,1-6H3,(H2,23,33)(H3,24,25)(H,26,35)(H,27,31)(H,28,32)(H,29,34)/t15-,16-,18-/m0/s1. The molecule has 200 valence electrons. The maximum atomic E-state index is 12.9. The van der Waals surface area contributed by atoms with E-state index in [0.717, 1.165) is 0 Å². The van der Waals surface area contributed by atoms with Gasteiger partial charge in [0.15, 0.2) is 5.96 Å². The van der Waals surface area contributed by atoms with Gasteiger partial charge in [-0.15, -0.1) is 0 Å². The Bertz CT molecular complexity index is 771. The minimum absolute atomic E-state index is 0.0435. The van der Waals surface area contributed by atoms with Gasteiger partial charge in [-0.2, -0.15) is 0 Å². The van der Waals surface area contributed by atoms with Gasteiger partial charge in [0.1, 0.15) is 18.1 Å². The van der Waals surface area contributed by atoms with Crippen LogP contribution in [0.3, 0.4) is 0 Å². The molecular formula is C22H42N8O5. The van der Waals surface area contributed by atoms with Crippen LogP contribution in [0.1, 0.15) is 53.9 Å². The van der Waals surface area contributed by atoms with Gasteiger partial charge in [-0.3, -0.25) is 29.4 Å². The van der Waals surface area contributed by atoms with E-state index in [1.165, 1.54) is 11.8 Å². The Labute approximate surface area is 207 Å². The van der Waals surface area contributed by atoms with E-state index in [4.69, 9.17) is 16.9 Å². The summed E-state index contributed by atoms with van der Waals surface area (Å²) in [7, 11) is 1.63. The Hall–Kier alpha value is -3.38. The van der Waals surface area contributed by atoms with Gasteiger partial charge in [-0.05, 0) is 31.1 Å². The van der Waals surface area contributed by atoms with Gasteiger partial charge >= 0.3 is 0 Å². The van der Waals surface area contributed by atoms with Crippen molar-refractivity contribution in [2.75, 3.05) is 20.1 Å². The smallest absolute Gasteiger partial charge is 0.243 e. The van der Waals surface area contributed by atoms with Crippen LogP contribution in [0.2, 0.25) is 0 Å². The van der Waals surface area contributed by atoms with Gasteiger partial charge in [0.25, 0.3) is 0 Å². The zero-order valence-electron chi connectivity index (χ0n) is 21.6. The molecule has 0 bridgehead atoms. The monoisotopic (exact) mass is 498 g/mol. The van der Waals surface area contributed by atoms with Crippen LogP contribution in [0.15, 0.2) is 0 Å². The van der Waals surface area contributed by atoms with Crippen molar-refractivity contribution in [1.82, 2.24) is 26.2 Å². The fourth-order valence-corrected chi connectivity index (χ4v) is 3.19. The number of carbonyl (C=O) groups is 5. The molecule has 35 heavy (non-hydrogen) atoms. The summed E-state index contributed by atoms with van der Waals surface area (Å²) in [4.78, 5) is 62.4. The third-order valence-electron chi connectivity index (χ3n) is 5.15. The lowest BCUT2D eigenvalue weighted by Gasteiger charge is -2.24. The number of nitrogens with zero attached hydrogens (tertiary/aromatic N) is 1. The first kappa shape index (κ1) is 31.6. The van der Waals surface area contributed by atoms with E-state index < -0.39 is 41.8 Å². The summed E-state index contributed by atoms with van der Waals surface area (Å²) in [6.45, 7) is 8.57. The molecule has 0 saturated heterocycles. The highest BCUT2D eigenvalue weighted by molar-refractivity contribution is 5.93. The van der Waals surface area contributed by atoms with Crippen LogP contribution in [-0.2, 0) is 24.0 Å². The molecule has 0 aromatic carbocycles. The predicted octanol–water partition coefficient (Wildman–Crippen LogP) is -1.63. The Kier molecular flexibility index (Phi) is 14.0. The second kappa shape index (κ2) is 15.5. The Morgan fingerprint density at radius 2 is 1.51 bits per heavy atom. The third-order valence-corrected chi connectivity index (χ3v) is 5.15. The average Bonchev–Trinajstić information content (AvgIpc) is 2.73. The van der Waals surface area contributed by atoms with Crippen LogP contribution in [0.4, 0.5) is 0 Å². The topological polar surface area (TPSA) is 213 Å². The van der Waals surface area contributed by atoms with Crippen LogP contribution in [0, 0.1) is 17.2 Å². The number of primary amides is 1. The molecule has 3 atom stereocenters. The van der Waals surface area contributed by atoms with Crippen molar-refractivity contribution >= 4 is 35.5 Å². The van der Waals surface area contributed by atoms with Crippen LogP contribution < -0.4 is 32.7 Å². The van der Waals surface area contributed by atoms with Crippen LogP contribution >= 0.6 is 0 Å². The molecule has 0 aromatic heterocycles. The van der Waals surface area contributed by atoms with E-state index in [0.29, 0.717) is 19.4 Å². The van der Waals surface area contributed by atoms with Crippen molar-refractivity contribution in [3.63, 3.8) is 0 Å². The molecule has 0 heterocycles. The summed E-state index contributed by atoms with van der Waals surface area (Å²) in [5.41, 5.74) is 10.8. The molecule has 0 aliphatic heterocycles.